The van der Waals surface area contributed by atoms with Crippen molar-refractivity contribution in [1.29, 1.82) is 0 Å². The van der Waals surface area contributed by atoms with E-state index in [0.29, 0.717) is 5.82 Å². The molecule has 2 aromatic rings. The van der Waals surface area contributed by atoms with Crippen molar-refractivity contribution in [3.05, 3.63) is 23.8 Å². The molecule has 0 aliphatic heterocycles. The number of anilines is 1. The first kappa shape index (κ1) is 8.74. The number of hydrogen-bond donors (Lipinski definition) is 2. The van der Waals surface area contributed by atoms with Crippen LogP contribution in [-0.2, 0) is 4.79 Å². The molecule has 0 saturated carbocycles. The number of aromatic amines is 1. The first-order valence-electron chi connectivity index (χ1n) is 4.39. The van der Waals surface area contributed by atoms with Crippen LogP contribution in [0.3, 0.4) is 0 Å². The standard InChI is InChI=1S/C10H11N3O/c1-6-3-4-8-9(5-6)12-13-10(8)11-7(2)14/h3-5H,1-2H3,(H2,11,12,13,14). The number of H-pyrrole nitrogens is 1. The Morgan fingerprint density at radius 3 is 3.00 bits per heavy atom. The fourth-order valence-electron chi connectivity index (χ4n) is 1.40. The summed E-state index contributed by atoms with van der Waals surface area (Å²) < 4.78 is 0. The molecular formula is C10H11N3O. The molecule has 2 N–H and O–H groups in total. The van der Waals surface area contributed by atoms with Crippen LogP contribution < -0.4 is 5.32 Å². The third-order valence-corrected chi connectivity index (χ3v) is 2.01. The summed E-state index contributed by atoms with van der Waals surface area (Å²) in [6, 6.07) is 5.93. The maximum absolute atomic E-state index is 10.9. The molecule has 72 valence electrons. The highest BCUT2D eigenvalue weighted by molar-refractivity contribution is 5.98. The topological polar surface area (TPSA) is 57.8 Å². The predicted molar refractivity (Wildman–Crippen MR) is 55.1 cm³/mol. The van der Waals surface area contributed by atoms with Crippen LogP contribution >= 0.6 is 0 Å². The zero-order valence-electron chi connectivity index (χ0n) is 8.09. The van der Waals surface area contributed by atoms with Crippen LogP contribution in [0.1, 0.15) is 12.5 Å². The number of carbonyl (C=O) groups excluding carboxylic acids is 1. The Kier molecular flexibility index (Phi) is 1.96. The summed E-state index contributed by atoms with van der Waals surface area (Å²) in [6.45, 7) is 3.48. The minimum atomic E-state index is -0.112. The molecule has 0 aliphatic rings. The van der Waals surface area contributed by atoms with Gasteiger partial charge in [-0.2, -0.15) is 5.10 Å². The molecule has 14 heavy (non-hydrogen) atoms. The summed E-state index contributed by atoms with van der Waals surface area (Å²) in [6.07, 6.45) is 0. The maximum Gasteiger partial charge on any atom is 0.222 e. The van der Waals surface area contributed by atoms with Crippen molar-refractivity contribution in [2.75, 3.05) is 5.32 Å². The van der Waals surface area contributed by atoms with Crippen LogP contribution in [0.15, 0.2) is 18.2 Å². The largest absolute Gasteiger partial charge is 0.309 e. The van der Waals surface area contributed by atoms with Gasteiger partial charge < -0.3 is 5.32 Å². The Bertz CT molecular complexity index is 487. The number of hydrogen-bond acceptors (Lipinski definition) is 2. The monoisotopic (exact) mass is 189 g/mol. The molecule has 2 rings (SSSR count). The minimum absolute atomic E-state index is 0.112. The minimum Gasteiger partial charge on any atom is -0.309 e. The Balaban J connectivity index is 2.52. The van der Waals surface area contributed by atoms with Gasteiger partial charge in [0.25, 0.3) is 0 Å². The smallest absolute Gasteiger partial charge is 0.222 e. The van der Waals surface area contributed by atoms with Crippen LogP contribution in [0.5, 0.6) is 0 Å². The van der Waals surface area contributed by atoms with Gasteiger partial charge in [0.05, 0.1) is 5.52 Å². The average Bonchev–Trinajstić information content (AvgIpc) is 2.47. The molecular weight excluding hydrogens is 178 g/mol. The quantitative estimate of drug-likeness (QED) is 0.719. The van der Waals surface area contributed by atoms with E-state index in [1.807, 2.05) is 25.1 Å². The molecule has 0 unspecified atom stereocenters. The van der Waals surface area contributed by atoms with E-state index in [-0.39, 0.29) is 5.91 Å². The predicted octanol–water partition coefficient (Wildman–Crippen LogP) is 1.83. The van der Waals surface area contributed by atoms with Gasteiger partial charge in [0, 0.05) is 12.3 Å². The Hall–Kier alpha value is -1.84. The van der Waals surface area contributed by atoms with E-state index in [2.05, 4.69) is 15.5 Å². The number of amides is 1. The normalized spacial score (nSPS) is 10.4. The molecule has 0 fully saturated rings. The molecule has 0 radical (unpaired) electrons. The number of aromatic nitrogens is 2. The van der Waals surface area contributed by atoms with Crippen molar-refractivity contribution in [3.63, 3.8) is 0 Å². The lowest BCUT2D eigenvalue weighted by molar-refractivity contribution is -0.114. The highest BCUT2D eigenvalue weighted by Crippen LogP contribution is 2.20. The summed E-state index contributed by atoms with van der Waals surface area (Å²) in [5, 5.41) is 10.5. The summed E-state index contributed by atoms with van der Waals surface area (Å²) in [5.74, 6) is 0.478. The SMILES string of the molecule is CC(=O)Nc1n[nH]c2cc(C)ccc12. The second kappa shape index (κ2) is 3.14. The fraction of sp³-hybridized carbons (Fsp3) is 0.200. The Morgan fingerprint density at radius 1 is 1.50 bits per heavy atom. The van der Waals surface area contributed by atoms with Gasteiger partial charge >= 0.3 is 0 Å². The zero-order chi connectivity index (χ0) is 10.1. The number of fused-ring (bicyclic) bond motifs is 1. The number of aryl methyl sites for hydroxylation is 1. The fourth-order valence-corrected chi connectivity index (χ4v) is 1.40. The van der Waals surface area contributed by atoms with E-state index in [0.717, 1.165) is 16.5 Å². The van der Waals surface area contributed by atoms with Crippen LogP contribution in [-0.4, -0.2) is 16.1 Å². The maximum atomic E-state index is 10.9. The molecule has 0 spiro atoms. The Labute approximate surface area is 81.3 Å². The van der Waals surface area contributed by atoms with Gasteiger partial charge in [-0.3, -0.25) is 9.89 Å². The average molecular weight is 189 g/mol. The van der Waals surface area contributed by atoms with Crippen LogP contribution in [0.4, 0.5) is 5.82 Å². The molecule has 0 atom stereocenters. The third kappa shape index (κ3) is 1.46. The van der Waals surface area contributed by atoms with Gasteiger partial charge in [0.1, 0.15) is 0 Å². The van der Waals surface area contributed by atoms with Crippen LogP contribution in [0.25, 0.3) is 10.9 Å². The van der Waals surface area contributed by atoms with E-state index in [9.17, 15) is 4.79 Å². The van der Waals surface area contributed by atoms with E-state index in [1.165, 1.54) is 6.92 Å². The summed E-state index contributed by atoms with van der Waals surface area (Å²) in [5.41, 5.74) is 2.10. The molecule has 1 amide bonds. The second-order valence-electron chi connectivity index (χ2n) is 3.30. The highest BCUT2D eigenvalue weighted by atomic mass is 16.1. The van der Waals surface area contributed by atoms with Gasteiger partial charge in [0.15, 0.2) is 5.82 Å². The van der Waals surface area contributed by atoms with E-state index in [1.54, 1.807) is 0 Å². The Morgan fingerprint density at radius 2 is 2.29 bits per heavy atom. The zero-order valence-corrected chi connectivity index (χ0v) is 8.09. The number of nitrogens with zero attached hydrogens (tertiary/aromatic N) is 1. The van der Waals surface area contributed by atoms with E-state index < -0.39 is 0 Å². The van der Waals surface area contributed by atoms with Gasteiger partial charge in [-0.15, -0.1) is 0 Å². The number of carbonyl (C=O) groups is 1. The number of nitrogens with one attached hydrogen (secondary N) is 2. The molecule has 1 aromatic carbocycles. The molecule has 0 saturated heterocycles. The lowest BCUT2D eigenvalue weighted by atomic mass is 10.2. The highest BCUT2D eigenvalue weighted by Gasteiger charge is 2.05. The molecule has 4 heteroatoms. The van der Waals surface area contributed by atoms with Crippen molar-refractivity contribution in [2.45, 2.75) is 13.8 Å². The van der Waals surface area contributed by atoms with Crippen LogP contribution in [0, 0.1) is 6.92 Å². The first-order valence-corrected chi connectivity index (χ1v) is 4.39. The number of benzene rings is 1. The van der Waals surface area contributed by atoms with Gasteiger partial charge in [0.2, 0.25) is 5.91 Å². The molecule has 0 aliphatic carbocycles. The first-order chi connectivity index (χ1) is 6.66. The lowest BCUT2D eigenvalue weighted by Crippen LogP contribution is -2.06. The van der Waals surface area contributed by atoms with Crippen molar-refractivity contribution < 1.29 is 4.79 Å². The van der Waals surface area contributed by atoms with E-state index >= 15 is 0 Å². The van der Waals surface area contributed by atoms with Gasteiger partial charge in [-0.05, 0) is 24.6 Å². The number of rotatable bonds is 1. The van der Waals surface area contributed by atoms with E-state index in [4.69, 9.17) is 0 Å². The third-order valence-electron chi connectivity index (χ3n) is 2.01. The summed E-state index contributed by atoms with van der Waals surface area (Å²) in [4.78, 5) is 10.9. The van der Waals surface area contributed by atoms with Gasteiger partial charge in [-0.1, -0.05) is 6.07 Å². The summed E-state index contributed by atoms with van der Waals surface area (Å²) in [7, 11) is 0. The van der Waals surface area contributed by atoms with Crippen molar-refractivity contribution in [3.8, 4) is 0 Å². The second-order valence-corrected chi connectivity index (χ2v) is 3.30. The summed E-state index contributed by atoms with van der Waals surface area (Å²) >= 11 is 0. The molecule has 0 bridgehead atoms. The molecule has 1 heterocycles. The van der Waals surface area contributed by atoms with Crippen molar-refractivity contribution in [1.82, 2.24) is 10.2 Å². The van der Waals surface area contributed by atoms with Gasteiger partial charge in [-0.25, -0.2) is 0 Å². The van der Waals surface area contributed by atoms with Crippen molar-refractivity contribution >= 4 is 22.6 Å². The molecule has 1 aromatic heterocycles. The van der Waals surface area contributed by atoms with Crippen molar-refractivity contribution in [2.24, 2.45) is 0 Å². The van der Waals surface area contributed by atoms with Crippen LogP contribution in [0.2, 0.25) is 0 Å². The lowest BCUT2D eigenvalue weighted by Gasteiger charge is -1.96. The molecule has 4 nitrogen and oxygen atoms in total.